The number of aliphatic hydroxyl groups excluding tert-OH is 1. The van der Waals surface area contributed by atoms with Crippen LogP contribution in [0.4, 0.5) is 5.95 Å². The molecule has 1 atom stereocenters. The van der Waals surface area contributed by atoms with Crippen LogP contribution < -0.4 is 4.90 Å². The molecule has 6 nitrogen and oxygen atoms in total. The number of hydrogen-bond donors (Lipinski definition) is 1. The largest absolute Gasteiger partial charge is 0.392 e. The Kier molecular flexibility index (Phi) is 6.52. The lowest BCUT2D eigenvalue weighted by Gasteiger charge is -2.34. The molecule has 3 heterocycles. The number of likely N-dealkylation sites (tertiary alicyclic amines) is 1. The van der Waals surface area contributed by atoms with E-state index >= 15 is 0 Å². The van der Waals surface area contributed by atoms with Gasteiger partial charge in [0.15, 0.2) is 0 Å². The van der Waals surface area contributed by atoms with Crippen LogP contribution in [0.25, 0.3) is 0 Å². The van der Waals surface area contributed by atoms with Crippen molar-refractivity contribution in [1.82, 2.24) is 14.9 Å². The fourth-order valence-electron chi connectivity index (χ4n) is 4.13. The van der Waals surface area contributed by atoms with Gasteiger partial charge in [0.2, 0.25) is 5.95 Å². The Morgan fingerprint density at radius 1 is 0.964 bits per heavy atom. The van der Waals surface area contributed by atoms with Gasteiger partial charge in [0.1, 0.15) is 0 Å². The van der Waals surface area contributed by atoms with Gasteiger partial charge >= 0.3 is 0 Å². The number of hydrogen-bond acceptors (Lipinski definition) is 6. The Labute approximate surface area is 167 Å². The maximum atomic E-state index is 10.6. The van der Waals surface area contributed by atoms with E-state index in [1.807, 2.05) is 30.6 Å². The van der Waals surface area contributed by atoms with E-state index in [2.05, 4.69) is 31.9 Å². The first-order chi connectivity index (χ1) is 13.8. The smallest absolute Gasteiger partial charge is 0.225 e. The second-order valence-corrected chi connectivity index (χ2v) is 7.86. The molecule has 0 bridgehead atoms. The summed E-state index contributed by atoms with van der Waals surface area (Å²) in [5, 5.41) is 10.6. The van der Waals surface area contributed by atoms with Crippen LogP contribution in [-0.4, -0.2) is 65.5 Å². The molecule has 4 rings (SSSR count). The summed E-state index contributed by atoms with van der Waals surface area (Å²) in [4.78, 5) is 13.7. The molecule has 28 heavy (non-hydrogen) atoms. The van der Waals surface area contributed by atoms with Gasteiger partial charge < -0.3 is 14.7 Å². The molecule has 1 aromatic carbocycles. The van der Waals surface area contributed by atoms with Gasteiger partial charge in [-0.25, -0.2) is 9.97 Å². The van der Waals surface area contributed by atoms with Crippen LogP contribution in [-0.2, 0) is 17.7 Å². The molecule has 0 unspecified atom stereocenters. The normalized spacial score (nSPS) is 20.2. The highest BCUT2D eigenvalue weighted by atomic mass is 16.5. The summed E-state index contributed by atoms with van der Waals surface area (Å²) >= 11 is 0. The third-order valence-corrected chi connectivity index (χ3v) is 5.86. The van der Waals surface area contributed by atoms with Crippen molar-refractivity contribution < 1.29 is 9.84 Å². The van der Waals surface area contributed by atoms with Gasteiger partial charge in [-0.05, 0) is 43.8 Å². The molecule has 2 aliphatic heterocycles. The Hall–Kier alpha value is -2.02. The standard InChI is InChI=1S/C22H30N4O2/c27-21(14-18-4-2-1-3-5-18)20-6-8-25(9-7-20)17-19-15-23-22(24-16-19)26-10-12-28-13-11-26/h1-5,15-16,20-21,27H,6-14,17H2/t21-/m0/s1. The van der Waals surface area contributed by atoms with Crippen molar-refractivity contribution in [1.29, 1.82) is 0 Å². The summed E-state index contributed by atoms with van der Waals surface area (Å²) in [6, 6.07) is 10.3. The first-order valence-electron chi connectivity index (χ1n) is 10.4. The Morgan fingerprint density at radius 3 is 2.32 bits per heavy atom. The molecule has 0 amide bonds. The lowest BCUT2D eigenvalue weighted by Crippen LogP contribution is -2.38. The van der Waals surface area contributed by atoms with E-state index in [0.29, 0.717) is 5.92 Å². The van der Waals surface area contributed by atoms with Gasteiger partial charge in [0.25, 0.3) is 0 Å². The van der Waals surface area contributed by atoms with Crippen LogP contribution >= 0.6 is 0 Å². The van der Waals surface area contributed by atoms with Gasteiger partial charge in [0, 0.05) is 37.6 Å². The lowest BCUT2D eigenvalue weighted by molar-refractivity contribution is 0.0576. The summed E-state index contributed by atoms with van der Waals surface area (Å²) in [6.45, 7) is 6.12. The zero-order chi connectivity index (χ0) is 19.2. The summed E-state index contributed by atoms with van der Waals surface area (Å²) < 4.78 is 5.38. The number of rotatable bonds is 6. The van der Waals surface area contributed by atoms with Crippen molar-refractivity contribution in [2.75, 3.05) is 44.3 Å². The highest BCUT2D eigenvalue weighted by Gasteiger charge is 2.25. The van der Waals surface area contributed by atoms with E-state index < -0.39 is 0 Å². The molecule has 2 fully saturated rings. The summed E-state index contributed by atoms with van der Waals surface area (Å²) in [5.74, 6) is 1.19. The predicted molar refractivity (Wildman–Crippen MR) is 109 cm³/mol. The molecule has 0 aliphatic carbocycles. The third kappa shape index (κ3) is 5.07. The van der Waals surface area contributed by atoms with Crippen LogP contribution in [0.2, 0.25) is 0 Å². The topological polar surface area (TPSA) is 61.7 Å². The van der Waals surface area contributed by atoms with Crippen molar-refractivity contribution in [2.45, 2.75) is 31.9 Å². The summed E-state index contributed by atoms with van der Waals surface area (Å²) in [6.07, 6.45) is 6.49. The van der Waals surface area contributed by atoms with Gasteiger partial charge in [-0.1, -0.05) is 30.3 Å². The van der Waals surface area contributed by atoms with Crippen LogP contribution in [0.5, 0.6) is 0 Å². The number of benzene rings is 1. The van der Waals surface area contributed by atoms with Crippen LogP contribution in [0.3, 0.4) is 0 Å². The van der Waals surface area contributed by atoms with E-state index in [-0.39, 0.29) is 6.10 Å². The van der Waals surface area contributed by atoms with E-state index in [4.69, 9.17) is 4.74 Å². The number of anilines is 1. The second-order valence-electron chi connectivity index (χ2n) is 7.86. The lowest BCUT2D eigenvalue weighted by atomic mass is 9.88. The number of nitrogens with zero attached hydrogens (tertiary/aromatic N) is 4. The molecule has 2 aromatic rings. The van der Waals surface area contributed by atoms with Crippen LogP contribution in [0, 0.1) is 5.92 Å². The summed E-state index contributed by atoms with van der Waals surface area (Å²) in [5.41, 5.74) is 2.37. The highest BCUT2D eigenvalue weighted by Crippen LogP contribution is 2.24. The van der Waals surface area contributed by atoms with E-state index in [0.717, 1.165) is 76.7 Å². The molecular formula is C22H30N4O2. The second kappa shape index (κ2) is 9.45. The zero-order valence-corrected chi connectivity index (χ0v) is 16.4. The molecule has 2 saturated heterocycles. The van der Waals surface area contributed by atoms with Gasteiger partial charge in [-0.15, -0.1) is 0 Å². The van der Waals surface area contributed by atoms with Gasteiger partial charge in [-0.2, -0.15) is 0 Å². The molecule has 1 aromatic heterocycles. The van der Waals surface area contributed by atoms with Crippen LogP contribution in [0.1, 0.15) is 24.0 Å². The maximum Gasteiger partial charge on any atom is 0.225 e. The monoisotopic (exact) mass is 382 g/mol. The van der Waals surface area contributed by atoms with E-state index in [1.165, 1.54) is 5.56 Å². The average molecular weight is 383 g/mol. The molecule has 0 saturated carbocycles. The fraction of sp³-hybridized carbons (Fsp3) is 0.545. The van der Waals surface area contributed by atoms with Crippen molar-refractivity contribution in [3.05, 3.63) is 53.9 Å². The molecule has 1 N–H and O–H groups in total. The van der Waals surface area contributed by atoms with Crippen molar-refractivity contribution in [3.63, 3.8) is 0 Å². The molecule has 0 radical (unpaired) electrons. The van der Waals surface area contributed by atoms with Crippen molar-refractivity contribution >= 4 is 5.95 Å². The third-order valence-electron chi connectivity index (χ3n) is 5.86. The quantitative estimate of drug-likeness (QED) is 0.826. The van der Waals surface area contributed by atoms with Gasteiger partial charge in [-0.3, -0.25) is 4.90 Å². The predicted octanol–water partition coefficient (Wildman–Crippen LogP) is 2.13. The zero-order valence-electron chi connectivity index (χ0n) is 16.4. The number of ether oxygens (including phenoxy) is 1. The van der Waals surface area contributed by atoms with Crippen molar-refractivity contribution in [3.8, 4) is 0 Å². The molecule has 6 heteroatoms. The summed E-state index contributed by atoms with van der Waals surface area (Å²) in [7, 11) is 0. The Morgan fingerprint density at radius 2 is 1.64 bits per heavy atom. The van der Waals surface area contributed by atoms with E-state index in [1.54, 1.807) is 0 Å². The molecule has 150 valence electrons. The highest BCUT2D eigenvalue weighted by molar-refractivity contribution is 5.30. The maximum absolute atomic E-state index is 10.6. The Bertz CT molecular complexity index is 711. The SMILES string of the molecule is O[C@@H](Cc1ccccc1)C1CCN(Cc2cnc(N3CCOCC3)nc2)CC1. The number of piperidine rings is 1. The first-order valence-corrected chi connectivity index (χ1v) is 10.4. The number of aliphatic hydroxyl groups is 1. The van der Waals surface area contributed by atoms with Crippen molar-refractivity contribution in [2.24, 2.45) is 5.92 Å². The number of aromatic nitrogens is 2. The molecule has 0 spiro atoms. The minimum Gasteiger partial charge on any atom is -0.392 e. The van der Waals surface area contributed by atoms with E-state index in [9.17, 15) is 5.11 Å². The first kappa shape index (κ1) is 19.3. The Balaban J connectivity index is 1.24. The minimum atomic E-state index is -0.249. The average Bonchev–Trinajstić information content (AvgIpc) is 2.76. The fourth-order valence-corrected chi connectivity index (χ4v) is 4.13. The molecule has 2 aliphatic rings. The van der Waals surface area contributed by atoms with Crippen LogP contribution in [0.15, 0.2) is 42.7 Å². The van der Waals surface area contributed by atoms with Gasteiger partial charge in [0.05, 0.1) is 19.3 Å². The minimum absolute atomic E-state index is 0.249. The molecular weight excluding hydrogens is 352 g/mol. The number of morpholine rings is 1.